The predicted octanol–water partition coefficient (Wildman–Crippen LogP) is 11.7. The van der Waals surface area contributed by atoms with Gasteiger partial charge in [0.1, 0.15) is 30.3 Å². The third-order valence-electron chi connectivity index (χ3n) is 15.7. The number of rotatable bonds is 35. The van der Waals surface area contributed by atoms with Gasteiger partial charge in [0.05, 0.1) is 127 Å². The molecule has 3 aliphatic rings. The van der Waals surface area contributed by atoms with Gasteiger partial charge in [-0.3, -0.25) is 15.0 Å². The van der Waals surface area contributed by atoms with Crippen LogP contribution >= 0.6 is 0 Å². The topological polar surface area (TPSA) is 193 Å². The van der Waals surface area contributed by atoms with E-state index in [-0.39, 0.29) is 19.3 Å². The number of hydrogen-bond acceptors (Lipinski definition) is 16. The minimum atomic E-state index is -0.957. The van der Waals surface area contributed by atoms with Crippen LogP contribution < -0.4 is 24.7 Å². The molecule has 1 aromatic heterocycles. The smallest absolute Gasteiger partial charge is 0.163 e. The van der Waals surface area contributed by atoms with Crippen LogP contribution in [0, 0.1) is 0 Å². The molecule has 5 aromatic rings. The van der Waals surface area contributed by atoms with Gasteiger partial charge in [-0.1, -0.05) is 68.4 Å². The molecule has 3 aliphatic heterocycles. The molecule has 4 heterocycles. The van der Waals surface area contributed by atoms with Gasteiger partial charge in [-0.05, 0) is 139 Å². The van der Waals surface area contributed by atoms with Crippen molar-refractivity contribution in [2.75, 3.05) is 121 Å². The van der Waals surface area contributed by atoms with Crippen molar-refractivity contribution >= 4 is 41.3 Å². The van der Waals surface area contributed by atoms with Gasteiger partial charge in [-0.15, -0.1) is 0 Å². The highest BCUT2D eigenvalue weighted by Crippen LogP contribution is 2.44. The first kappa shape index (κ1) is 64.9. The number of nitrogens with two attached hydrogens (primary N) is 1. The number of fused-ring (bicyclic) bond motifs is 5. The maximum atomic E-state index is 7.39. The Morgan fingerprint density at radius 2 is 1.09 bits per heavy atom. The highest BCUT2D eigenvalue weighted by Gasteiger charge is 2.38. The maximum absolute atomic E-state index is 7.39. The van der Waals surface area contributed by atoms with Crippen LogP contribution in [0.4, 0.5) is 11.4 Å². The largest absolute Gasteiger partial charge is 0.497 e. The second-order valence-corrected chi connectivity index (χ2v) is 21.0. The molecule has 0 fully saturated rings. The number of aromatic nitrogens is 1. The van der Waals surface area contributed by atoms with Gasteiger partial charge in [0, 0.05) is 50.8 Å². The van der Waals surface area contributed by atoms with Gasteiger partial charge < -0.3 is 62.8 Å². The van der Waals surface area contributed by atoms with E-state index in [9.17, 15) is 0 Å². The quantitative estimate of drug-likeness (QED) is 0.0288. The van der Waals surface area contributed by atoms with Crippen LogP contribution in [0.25, 0.3) is 6.08 Å². The zero-order chi connectivity index (χ0) is 60.5. The summed E-state index contributed by atoms with van der Waals surface area (Å²) < 4.78 is 64.7. The lowest BCUT2D eigenvalue weighted by atomic mass is 9.80. The summed E-state index contributed by atoms with van der Waals surface area (Å²) in [6, 6.07) is 30.3. The van der Waals surface area contributed by atoms with Crippen LogP contribution in [0.1, 0.15) is 92.6 Å². The van der Waals surface area contributed by atoms with Crippen molar-refractivity contribution in [1.82, 2.24) is 4.98 Å². The van der Waals surface area contributed by atoms with Crippen LogP contribution in [-0.4, -0.2) is 156 Å². The van der Waals surface area contributed by atoms with Gasteiger partial charge in [-0.25, -0.2) is 4.99 Å². The molecule has 0 aliphatic carbocycles. The van der Waals surface area contributed by atoms with Gasteiger partial charge in [0.15, 0.2) is 11.5 Å². The zero-order valence-corrected chi connectivity index (χ0v) is 51.7. The lowest BCUT2D eigenvalue weighted by Gasteiger charge is -2.36. The van der Waals surface area contributed by atoms with E-state index in [0.29, 0.717) is 115 Å². The standard InChI is InChI=1S/C69H88N6O11/c1-9-55-56(10-2)60-43-62-58(19-15-29-86-69(50-16-12-11-13-17-50,51-20-24-53(78-7)25-21-51)52-22-26-54(79-8)27-23-52)49(4)66(75-62)47-72-64-45-68(85-41-39-83-37-35-81-33-31-77-6)67(84-40-38-82-36-34-80-32-30-76-5)44-63(64)71-46-65-48(3)57(18-14-28-70)61(74-65)42-59(55)73-60/h11-13,16-17,20-27,42,44-47,62,73H,9-10,14-15,18-19,28-41,43,70H2,1-8H3. The average molecular weight is 1180 g/mol. The monoisotopic (exact) mass is 1180 g/mol. The van der Waals surface area contributed by atoms with E-state index in [1.807, 2.05) is 54.9 Å². The third-order valence-corrected chi connectivity index (χ3v) is 15.7. The molecule has 17 heteroatoms. The van der Waals surface area contributed by atoms with Crippen molar-refractivity contribution in [1.29, 1.82) is 0 Å². The number of H-pyrrole nitrogens is 1. The Morgan fingerprint density at radius 3 is 1.62 bits per heavy atom. The number of methoxy groups -OCH3 is 4. The summed E-state index contributed by atoms with van der Waals surface area (Å²) in [6.07, 6.45) is 11.3. The number of nitrogens with zero attached hydrogens (tertiary/aromatic N) is 4. The molecule has 1 unspecified atom stereocenters. The molecule has 0 spiro atoms. The Labute approximate surface area is 508 Å². The van der Waals surface area contributed by atoms with Crippen LogP contribution in [-0.2, 0) is 58.0 Å². The number of aromatic amines is 1. The Kier molecular flexibility index (Phi) is 25.5. The predicted molar refractivity (Wildman–Crippen MR) is 342 cm³/mol. The Hall–Kier alpha value is -7.06. The highest BCUT2D eigenvalue weighted by atomic mass is 16.6. The number of nitrogens with one attached hydrogen (secondary N) is 1. The first-order valence-corrected chi connectivity index (χ1v) is 30.2. The molecule has 460 valence electrons. The zero-order valence-electron chi connectivity index (χ0n) is 51.7. The third kappa shape index (κ3) is 16.7. The molecule has 6 bridgehead atoms. The van der Waals surface area contributed by atoms with E-state index in [1.54, 1.807) is 28.4 Å². The molecule has 0 saturated carbocycles. The summed E-state index contributed by atoms with van der Waals surface area (Å²) in [6.45, 7) is 14.6. The van der Waals surface area contributed by atoms with Crippen molar-refractivity contribution in [3.8, 4) is 23.0 Å². The number of allylic oxidation sites excluding steroid dienone is 3. The lowest BCUT2D eigenvalue weighted by molar-refractivity contribution is 0.0115. The minimum absolute atomic E-state index is 0.182. The van der Waals surface area contributed by atoms with E-state index in [0.717, 1.165) is 99.8 Å². The fourth-order valence-electron chi connectivity index (χ4n) is 11.1. The average Bonchev–Trinajstić information content (AvgIpc) is 1.20. The number of ether oxygens (including phenoxy) is 11. The van der Waals surface area contributed by atoms with E-state index >= 15 is 0 Å². The fourth-order valence-corrected chi connectivity index (χ4v) is 11.1. The Bertz CT molecular complexity index is 3130. The second kappa shape index (κ2) is 33.7. The first-order chi connectivity index (χ1) is 42.2. The molecule has 0 saturated heterocycles. The molecule has 3 N–H and O–H groups in total. The SMILES string of the molecule is CCc1c2[nH]c(c1CC)CC1N=C(C=Nc3cc(OCCOCCOCCOC)c(OCCOCCOCCOC)cc3N=CC3=NC(=C2)C(CCCN)=C3C)C(C)=C1CCCOC(c1ccccc1)(c1ccc(OC)cc1)c1ccc(OC)cc1. The van der Waals surface area contributed by atoms with E-state index < -0.39 is 5.60 Å². The molecule has 4 aromatic carbocycles. The number of benzene rings is 4. The van der Waals surface area contributed by atoms with E-state index in [4.69, 9.17) is 77.8 Å². The van der Waals surface area contributed by atoms with Gasteiger partial charge in [-0.2, -0.15) is 0 Å². The van der Waals surface area contributed by atoms with Gasteiger partial charge in [0.25, 0.3) is 0 Å². The molecule has 86 heavy (non-hydrogen) atoms. The summed E-state index contributed by atoms with van der Waals surface area (Å²) in [5, 5.41) is 0. The van der Waals surface area contributed by atoms with E-state index in [2.05, 4.69) is 87.3 Å². The van der Waals surface area contributed by atoms with Crippen molar-refractivity contribution in [3.05, 3.63) is 158 Å². The molecule has 8 rings (SSSR count). The lowest BCUT2D eigenvalue weighted by Crippen LogP contribution is -2.33. The summed E-state index contributed by atoms with van der Waals surface area (Å²) in [5.74, 6) is 2.48. The van der Waals surface area contributed by atoms with Crippen molar-refractivity contribution in [2.24, 2.45) is 25.7 Å². The van der Waals surface area contributed by atoms with Gasteiger partial charge >= 0.3 is 0 Å². The molecular formula is C69H88N6O11. The Morgan fingerprint density at radius 1 is 0.570 bits per heavy atom. The minimum Gasteiger partial charge on any atom is -0.497 e. The summed E-state index contributed by atoms with van der Waals surface area (Å²) >= 11 is 0. The molecule has 0 radical (unpaired) electrons. The van der Waals surface area contributed by atoms with Gasteiger partial charge in [0.2, 0.25) is 0 Å². The van der Waals surface area contributed by atoms with Crippen LogP contribution in [0.15, 0.2) is 139 Å². The highest BCUT2D eigenvalue weighted by molar-refractivity contribution is 6.40. The van der Waals surface area contributed by atoms with Crippen LogP contribution in [0.2, 0.25) is 0 Å². The van der Waals surface area contributed by atoms with Crippen molar-refractivity contribution in [2.45, 2.75) is 84.3 Å². The first-order valence-electron chi connectivity index (χ1n) is 30.2. The second-order valence-electron chi connectivity index (χ2n) is 21.0. The molecule has 1 atom stereocenters. The molecule has 17 nitrogen and oxygen atoms in total. The molecule has 0 amide bonds. The van der Waals surface area contributed by atoms with Crippen LogP contribution in [0.5, 0.6) is 23.0 Å². The van der Waals surface area contributed by atoms with Crippen molar-refractivity contribution in [3.63, 3.8) is 0 Å². The number of hydrogen-bond donors (Lipinski definition) is 2. The van der Waals surface area contributed by atoms with Crippen LogP contribution in [0.3, 0.4) is 0 Å². The Balaban J connectivity index is 1.17. The summed E-state index contributed by atoms with van der Waals surface area (Å²) in [5.41, 5.74) is 21.1. The van der Waals surface area contributed by atoms with E-state index in [1.165, 1.54) is 22.4 Å². The maximum Gasteiger partial charge on any atom is 0.163 e. The molecular weight excluding hydrogens is 1090 g/mol. The normalized spacial score (nSPS) is 15.0. The number of aliphatic imine (C=N–C) groups is 4. The van der Waals surface area contributed by atoms with Crippen molar-refractivity contribution < 1.29 is 52.1 Å². The fraction of sp³-hybridized carbons (Fsp3) is 0.449. The summed E-state index contributed by atoms with van der Waals surface area (Å²) in [7, 11) is 6.66. The summed E-state index contributed by atoms with van der Waals surface area (Å²) in [4.78, 5) is 25.2.